The number of benzene rings is 2. The van der Waals surface area contributed by atoms with E-state index in [1.54, 1.807) is 0 Å². The van der Waals surface area contributed by atoms with E-state index in [0.717, 1.165) is 18.5 Å². The summed E-state index contributed by atoms with van der Waals surface area (Å²) in [4.78, 5) is 0. The lowest BCUT2D eigenvalue weighted by molar-refractivity contribution is 0.609. The molecule has 1 atom stereocenters. The molecule has 2 aromatic rings. The molecule has 0 saturated heterocycles. The van der Waals surface area contributed by atoms with Crippen molar-refractivity contribution in [3.8, 4) is 0 Å². The number of aryl methyl sites for hydroxylation is 1. The van der Waals surface area contributed by atoms with Gasteiger partial charge in [-0.15, -0.1) is 0 Å². The first-order valence-corrected chi connectivity index (χ1v) is 7.79. The smallest absolute Gasteiger partial charge is 0.170 e. The number of anilines is 1. The van der Waals surface area contributed by atoms with Crippen LogP contribution in [0.2, 0.25) is 5.02 Å². The molecular weight excluding hydrogens is 300 g/mol. The highest BCUT2D eigenvalue weighted by Gasteiger charge is 2.05. The lowest BCUT2D eigenvalue weighted by Gasteiger charge is -2.17. The minimum atomic E-state index is 0.310. The van der Waals surface area contributed by atoms with Crippen molar-refractivity contribution < 1.29 is 0 Å². The first-order chi connectivity index (χ1) is 10.1. The zero-order chi connectivity index (χ0) is 15.1. The molecule has 0 amide bonds. The van der Waals surface area contributed by atoms with Crippen LogP contribution in [0.5, 0.6) is 0 Å². The third-order valence-electron chi connectivity index (χ3n) is 3.17. The van der Waals surface area contributed by atoms with Crippen LogP contribution in [-0.4, -0.2) is 11.2 Å². The van der Waals surface area contributed by atoms with Gasteiger partial charge in [-0.2, -0.15) is 0 Å². The van der Waals surface area contributed by atoms with Crippen LogP contribution in [-0.2, 0) is 6.42 Å². The molecule has 110 valence electrons. The molecule has 0 fully saturated rings. The predicted molar refractivity (Wildman–Crippen MR) is 95.0 cm³/mol. The highest BCUT2D eigenvalue weighted by molar-refractivity contribution is 7.80. The monoisotopic (exact) mass is 318 g/mol. The van der Waals surface area contributed by atoms with Crippen LogP contribution >= 0.6 is 23.8 Å². The second kappa shape index (κ2) is 8.01. The molecule has 2 nitrogen and oxygen atoms in total. The number of nitrogens with one attached hydrogen (secondary N) is 2. The Morgan fingerprint density at radius 3 is 2.62 bits per heavy atom. The van der Waals surface area contributed by atoms with E-state index in [9.17, 15) is 0 Å². The van der Waals surface area contributed by atoms with E-state index < -0.39 is 0 Å². The normalized spacial score (nSPS) is 11.7. The molecule has 0 spiro atoms. The number of hydrogen-bond acceptors (Lipinski definition) is 1. The Bertz CT molecular complexity index is 586. The molecule has 0 unspecified atom stereocenters. The third kappa shape index (κ3) is 5.74. The van der Waals surface area contributed by atoms with E-state index in [4.69, 9.17) is 23.8 Å². The van der Waals surface area contributed by atoms with Crippen molar-refractivity contribution in [2.45, 2.75) is 25.8 Å². The Kier molecular flexibility index (Phi) is 6.03. The molecule has 4 heteroatoms. The van der Waals surface area contributed by atoms with Gasteiger partial charge in [0, 0.05) is 16.8 Å². The fraction of sp³-hybridized carbons (Fsp3) is 0.235. The topological polar surface area (TPSA) is 24.1 Å². The summed E-state index contributed by atoms with van der Waals surface area (Å²) in [6.07, 6.45) is 2.07. The minimum Gasteiger partial charge on any atom is -0.360 e. The molecular formula is C17H19ClN2S. The second-order valence-corrected chi connectivity index (χ2v) is 5.88. The predicted octanol–water partition coefficient (Wildman–Crippen LogP) is 4.65. The maximum Gasteiger partial charge on any atom is 0.170 e. The summed E-state index contributed by atoms with van der Waals surface area (Å²) in [7, 11) is 0. The van der Waals surface area contributed by atoms with Crippen LogP contribution in [0.3, 0.4) is 0 Å². The summed E-state index contributed by atoms with van der Waals surface area (Å²) in [5.74, 6) is 0. The Hall–Kier alpha value is -1.58. The standard InChI is InChI=1S/C17H19ClN2S/c1-13(10-11-14-6-3-2-4-7-14)19-17(21)20-16-9-5-8-15(18)12-16/h2-9,12-13H,10-11H2,1H3,(H2,19,20,21)/t13-/m1/s1. The number of rotatable bonds is 5. The first kappa shape index (κ1) is 15.8. The Morgan fingerprint density at radius 2 is 1.90 bits per heavy atom. The van der Waals surface area contributed by atoms with Gasteiger partial charge in [-0.25, -0.2) is 0 Å². The van der Waals surface area contributed by atoms with Gasteiger partial charge in [-0.05, 0) is 55.7 Å². The second-order valence-electron chi connectivity index (χ2n) is 5.03. The molecule has 0 radical (unpaired) electrons. The maximum atomic E-state index is 5.95. The van der Waals surface area contributed by atoms with Gasteiger partial charge in [-0.1, -0.05) is 48.0 Å². The van der Waals surface area contributed by atoms with Crippen molar-refractivity contribution in [2.24, 2.45) is 0 Å². The van der Waals surface area contributed by atoms with Gasteiger partial charge in [0.25, 0.3) is 0 Å². The summed E-state index contributed by atoms with van der Waals surface area (Å²) in [6.45, 7) is 2.13. The Morgan fingerprint density at radius 1 is 1.14 bits per heavy atom. The van der Waals surface area contributed by atoms with E-state index in [0.29, 0.717) is 16.2 Å². The van der Waals surface area contributed by atoms with Crippen molar-refractivity contribution in [3.63, 3.8) is 0 Å². The van der Waals surface area contributed by atoms with Crippen molar-refractivity contribution in [2.75, 3.05) is 5.32 Å². The van der Waals surface area contributed by atoms with E-state index in [1.807, 2.05) is 30.3 Å². The van der Waals surface area contributed by atoms with Crippen LogP contribution in [0, 0.1) is 0 Å². The third-order valence-corrected chi connectivity index (χ3v) is 3.62. The summed E-state index contributed by atoms with van der Waals surface area (Å²) in [6, 6.07) is 18.3. The lowest BCUT2D eigenvalue weighted by atomic mass is 10.1. The van der Waals surface area contributed by atoms with Crippen LogP contribution in [0.1, 0.15) is 18.9 Å². The van der Waals surface area contributed by atoms with E-state index in [-0.39, 0.29) is 0 Å². The highest BCUT2D eigenvalue weighted by Crippen LogP contribution is 2.14. The van der Waals surface area contributed by atoms with Gasteiger partial charge in [0.1, 0.15) is 0 Å². The molecule has 0 saturated carbocycles. The fourth-order valence-electron chi connectivity index (χ4n) is 2.06. The van der Waals surface area contributed by atoms with E-state index in [2.05, 4.69) is 41.8 Å². The van der Waals surface area contributed by atoms with Crippen LogP contribution in [0.15, 0.2) is 54.6 Å². The van der Waals surface area contributed by atoms with Crippen molar-refractivity contribution >= 4 is 34.6 Å². The lowest BCUT2D eigenvalue weighted by Crippen LogP contribution is -2.36. The van der Waals surface area contributed by atoms with E-state index >= 15 is 0 Å². The molecule has 2 N–H and O–H groups in total. The highest BCUT2D eigenvalue weighted by atomic mass is 35.5. The Labute approximate surface area is 136 Å². The molecule has 2 rings (SSSR count). The summed E-state index contributed by atoms with van der Waals surface area (Å²) in [5.41, 5.74) is 2.25. The van der Waals surface area contributed by atoms with Gasteiger partial charge in [0.15, 0.2) is 5.11 Å². The molecule has 0 aliphatic rings. The number of hydrogen-bond donors (Lipinski definition) is 2. The van der Waals surface area contributed by atoms with Crippen molar-refractivity contribution in [1.29, 1.82) is 0 Å². The van der Waals surface area contributed by atoms with Crippen molar-refractivity contribution in [1.82, 2.24) is 5.32 Å². The van der Waals surface area contributed by atoms with Crippen LogP contribution in [0.4, 0.5) is 5.69 Å². The molecule has 0 aliphatic heterocycles. The van der Waals surface area contributed by atoms with Gasteiger partial charge in [0.2, 0.25) is 0 Å². The van der Waals surface area contributed by atoms with Crippen molar-refractivity contribution in [3.05, 3.63) is 65.2 Å². The van der Waals surface area contributed by atoms with Crippen LogP contribution < -0.4 is 10.6 Å². The molecule has 0 aliphatic carbocycles. The van der Waals surface area contributed by atoms with Gasteiger partial charge < -0.3 is 10.6 Å². The Balaban J connectivity index is 1.77. The molecule has 21 heavy (non-hydrogen) atoms. The summed E-state index contributed by atoms with van der Waals surface area (Å²) in [5, 5.41) is 7.76. The quantitative estimate of drug-likeness (QED) is 0.785. The zero-order valence-corrected chi connectivity index (χ0v) is 13.5. The average molecular weight is 319 g/mol. The van der Waals surface area contributed by atoms with Gasteiger partial charge >= 0.3 is 0 Å². The van der Waals surface area contributed by atoms with E-state index in [1.165, 1.54) is 5.56 Å². The maximum absolute atomic E-state index is 5.95. The molecule has 0 bridgehead atoms. The minimum absolute atomic E-state index is 0.310. The SMILES string of the molecule is C[C@H](CCc1ccccc1)NC(=S)Nc1cccc(Cl)c1. The summed E-state index contributed by atoms with van der Waals surface area (Å²) >= 11 is 11.3. The summed E-state index contributed by atoms with van der Waals surface area (Å²) < 4.78 is 0. The average Bonchev–Trinajstić information content (AvgIpc) is 2.46. The molecule has 0 heterocycles. The van der Waals surface area contributed by atoms with Gasteiger partial charge in [0.05, 0.1) is 0 Å². The molecule has 0 aromatic heterocycles. The molecule has 2 aromatic carbocycles. The number of thiocarbonyl (C=S) groups is 1. The van der Waals surface area contributed by atoms with Crippen LogP contribution in [0.25, 0.3) is 0 Å². The fourth-order valence-corrected chi connectivity index (χ4v) is 2.57. The largest absolute Gasteiger partial charge is 0.360 e. The zero-order valence-electron chi connectivity index (χ0n) is 12.0. The number of halogens is 1. The first-order valence-electron chi connectivity index (χ1n) is 7.00. The van der Waals surface area contributed by atoms with Gasteiger partial charge in [-0.3, -0.25) is 0 Å².